The highest BCUT2D eigenvalue weighted by Crippen LogP contribution is 2.35. The quantitative estimate of drug-likeness (QED) is 0.866. The minimum atomic E-state index is -4.49. The molecule has 134 valence electrons. The van der Waals surface area contributed by atoms with Crippen LogP contribution in [0, 0.1) is 0 Å². The van der Waals surface area contributed by atoms with E-state index in [4.69, 9.17) is 4.74 Å². The zero-order chi connectivity index (χ0) is 18.6. The summed E-state index contributed by atoms with van der Waals surface area (Å²) in [7, 11) is 3.37. The zero-order valence-corrected chi connectivity index (χ0v) is 14.1. The van der Waals surface area contributed by atoms with E-state index in [1.165, 1.54) is 6.07 Å². The van der Waals surface area contributed by atoms with Gasteiger partial charge in [0.25, 0.3) is 5.91 Å². The van der Waals surface area contributed by atoms with Gasteiger partial charge >= 0.3 is 6.18 Å². The van der Waals surface area contributed by atoms with E-state index in [0.29, 0.717) is 18.0 Å². The van der Waals surface area contributed by atoms with Gasteiger partial charge in [-0.2, -0.15) is 13.2 Å². The van der Waals surface area contributed by atoms with Crippen molar-refractivity contribution in [1.82, 2.24) is 0 Å². The first-order valence-electron chi connectivity index (χ1n) is 7.65. The van der Waals surface area contributed by atoms with Crippen molar-refractivity contribution in [3.05, 3.63) is 53.6 Å². The van der Waals surface area contributed by atoms with Gasteiger partial charge in [-0.15, -0.1) is 0 Å². The first-order valence-corrected chi connectivity index (χ1v) is 7.65. The molecule has 0 aliphatic carbocycles. The van der Waals surface area contributed by atoms with Gasteiger partial charge in [-0.05, 0) is 37.3 Å². The van der Waals surface area contributed by atoms with E-state index in [-0.39, 0.29) is 11.3 Å². The van der Waals surface area contributed by atoms with Gasteiger partial charge in [-0.25, -0.2) is 0 Å². The molecule has 1 amide bonds. The summed E-state index contributed by atoms with van der Waals surface area (Å²) in [6.45, 7) is 2.16. The number of nitrogens with one attached hydrogen (secondary N) is 1. The van der Waals surface area contributed by atoms with Gasteiger partial charge in [0.2, 0.25) is 0 Å². The number of rotatable bonds is 5. The lowest BCUT2D eigenvalue weighted by Crippen LogP contribution is -2.18. The van der Waals surface area contributed by atoms with E-state index >= 15 is 0 Å². The molecule has 2 rings (SSSR count). The van der Waals surface area contributed by atoms with Crippen LogP contribution in [-0.2, 0) is 6.18 Å². The van der Waals surface area contributed by atoms with Crippen LogP contribution in [0.1, 0.15) is 22.8 Å². The third-order valence-electron chi connectivity index (χ3n) is 3.49. The number of amides is 1. The van der Waals surface area contributed by atoms with E-state index in [2.05, 4.69) is 5.32 Å². The Kier molecular flexibility index (Phi) is 5.56. The van der Waals surface area contributed by atoms with Gasteiger partial charge in [0.15, 0.2) is 0 Å². The molecule has 0 aliphatic heterocycles. The summed E-state index contributed by atoms with van der Waals surface area (Å²) in [6.07, 6.45) is -4.49. The average Bonchev–Trinajstić information content (AvgIpc) is 2.54. The van der Waals surface area contributed by atoms with Gasteiger partial charge in [0.05, 0.1) is 29.1 Å². The van der Waals surface area contributed by atoms with Crippen molar-refractivity contribution in [2.45, 2.75) is 13.1 Å². The molecule has 7 heteroatoms. The number of halogens is 3. The van der Waals surface area contributed by atoms with Crippen molar-refractivity contribution in [2.24, 2.45) is 0 Å². The molecule has 0 fully saturated rings. The SMILES string of the molecule is CCOc1ccccc1C(=O)Nc1cc(C(F)(F)F)ccc1N(C)C. The monoisotopic (exact) mass is 352 g/mol. The molecule has 0 spiro atoms. The van der Waals surface area contributed by atoms with Gasteiger partial charge in [0, 0.05) is 14.1 Å². The molecule has 0 atom stereocenters. The second-order valence-corrected chi connectivity index (χ2v) is 5.51. The molecule has 0 saturated carbocycles. The maximum atomic E-state index is 13.0. The highest BCUT2D eigenvalue weighted by molar-refractivity contribution is 6.07. The topological polar surface area (TPSA) is 41.6 Å². The molecule has 0 heterocycles. The van der Waals surface area contributed by atoms with E-state index in [1.54, 1.807) is 50.2 Å². The molecule has 25 heavy (non-hydrogen) atoms. The summed E-state index contributed by atoms with van der Waals surface area (Å²) in [5.74, 6) is -0.160. The van der Waals surface area contributed by atoms with E-state index in [9.17, 15) is 18.0 Å². The molecule has 0 aromatic heterocycles. The van der Waals surface area contributed by atoms with Crippen LogP contribution in [-0.4, -0.2) is 26.6 Å². The van der Waals surface area contributed by atoms with Crippen LogP contribution in [0.25, 0.3) is 0 Å². The van der Waals surface area contributed by atoms with Crippen molar-refractivity contribution in [3.8, 4) is 5.75 Å². The number of carbonyl (C=O) groups excluding carboxylic acids is 1. The standard InChI is InChI=1S/C18H19F3N2O2/c1-4-25-16-8-6-5-7-13(16)17(24)22-14-11-12(18(19,20)21)9-10-15(14)23(2)3/h5-11H,4H2,1-3H3,(H,22,24). The lowest BCUT2D eigenvalue weighted by molar-refractivity contribution is -0.137. The second-order valence-electron chi connectivity index (χ2n) is 5.51. The van der Waals surface area contributed by atoms with Crippen LogP contribution >= 0.6 is 0 Å². The fourth-order valence-electron chi connectivity index (χ4n) is 2.33. The Morgan fingerprint density at radius 1 is 1.16 bits per heavy atom. The molecule has 2 aromatic rings. The van der Waals surface area contributed by atoms with Gasteiger partial charge < -0.3 is 15.0 Å². The Labute approximate surface area is 144 Å². The molecule has 2 aromatic carbocycles. The summed E-state index contributed by atoms with van der Waals surface area (Å²) >= 11 is 0. The van der Waals surface area contributed by atoms with Gasteiger partial charge in [0.1, 0.15) is 5.75 Å². The fourth-order valence-corrected chi connectivity index (χ4v) is 2.33. The Morgan fingerprint density at radius 2 is 1.84 bits per heavy atom. The maximum Gasteiger partial charge on any atom is 0.416 e. The van der Waals surface area contributed by atoms with Crippen LogP contribution < -0.4 is 15.0 Å². The Bertz CT molecular complexity index is 758. The largest absolute Gasteiger partial charge is 0.493 e. The minimum absolute atomic E-state index is 0.0797. The molecular formula is C18H19F3N2O2. The number of anilines is 2. The van der Waals surface area contributed by atoms with Crippen molar-refractivity contribution < 1.29 is 22.7 Å². The molecule has 4 nitrogen and oxygen atoms in total. The zero-order valence-electron chi connectivity index (χ0n) is 14.1. The molecule has 1 N–H and O–H groups in total. The van der Waals surface area contributed by atoms with E-state index < -0.39 is 17.6 Å². The van der Waals surface area contributed by atoms with Crippen LogP contribution in [0.15, 0.2) is 42.5 Å². The number of carbonyl (C=O) groups is 1. The smallest absolute Gasteiger partial charge is 0.416 e. The molecule has 0 bridgehead atoms. The van der Waals surface area contributed by atoms with Crippen LogP contribution in [0.2, 0.25) is 0 Å². The first kappa shape index (κ1) is 18.6. The second kappa shape index (κ2) is 7.46. The van der Waals surface area contributed by atoms with Gasteiger partial charge in [-0.3, -0.25) is 4.79 Å². The summed E-state index contributed by atoms with van der Waals surface area (Å²) in [5.41, 5.74) is -0.0238. The predicted octanol–water partition coefficient (Wildman–Crippen LogP) is 4.42. The summed E-state index contributed by atoms with van der Waals surface area (Å²) in [5, 5.41) is 2.56. The number of hydrogen-bond donors (Lipinski definition) is 1. The minimum Gasteiger partial charge on any atom is -0.493 e. The number of para-hydroxylation sites is 1. The average molecular weight is 352 g/mol. The Morgan fingerprint density at radius 3 is 2.44 bits per heavy atom. The van der Waals surface area contributed by atoms with Crippen LogP contribution in [0.5, 0.6) is 5.75 Å². The lowest BCUT2D eigenvalue weighted by atomic mass is 10.1. The first-order chi connectivity index (χ1) is 11.7. The molecule has 0 saturated heterocycles. The van der Waals surface area contributed by atoms with Crippen molar-refractivity contribution >= 4 is 17.3 Å². The van der Waals surface area contributed by atoms with Crippen LogP contribution in [0.4, 0.5) is 24.5 Å². The number of ether oxygens (including phenoxy) is 1. The number of hydrogen-bond acceptors (Lipinski definition) is 3. The number of alkyl halides is 3. The summed E-state index contributed by atoms with van der Waals surface area (Å²) in [4.78, 5) is 14.2. The highest BCUT2D eigenvalue weighted by Gasteiger charge is 2.31. The van der Waals surface area contributed by atoms with Crippen molar-refractivity contribution in [3.63, 3.8) is 0 Å². The number of benzene rings is 2. The molecular weight excluding hydrogens is 333 g/mol. The van der Waals surface area contributed by atoms with Crippen LogP contribution in [0.3, 0.4) is 0 Å². The van der Waals surface area contributed by atoms with Crippen molar-refractivity contribution in [1.29, 1.82) is 0 Å². The maximum absolute atomic E-state index is 13.0. The summed E-state index contributed by atoms with van der Waals surface area (Å²) in [6, 6.07) is 9.82. The normalized spacial score (nSPS) is 11.1. The molecule has 0 aliphatic rings. The van der Waals surface area contributed by atoms with E-state index in [1.807, 2.05) is 0 Å². The fraction of sp³-hybridized carbons (Fsp3) is 0.278. The lowest BCUT2D eigenvalue weighted by Gasteiger charge is -2.20. The van der Waals surface area contributed by atoms with E-state index in [0.717, 1.165) is 12.1 Å². The predicted molar refractivity (Wildman–Crippen MR) is 91.3 cm³/mol. The Hall–Kier alpha value is -2.70. The third-order valence-corrected chi connectivity index (χ3v) is 3.49. The summed E-state index contributed by atoms with van der Waals surface area (Å²) < 4.78 is 44.3. The number of nitrogens with zero attached hydrogens (tertiary/aromatic N) is 1. The molecule has 0 radical (unpaired) electrons. The van der Waals surface area contributed by atoms with Gasteiger partial charge in [-0.1, -0.05) is 12.1 Å². The Balaban J connectivity index is 2.40. The van der Waals surface area contributed by atoms with Crippen molar-refractivity contribution in [2.75, 3.05) is 30.9 Å². The molecule has 0 unspecified atom stereocenters. The third kappa shape index (κ3) is 4.43. The highest BCUT2D eigenvalue weighted by atomic mass is 19.4.